The summed E-state index contributed by atoms with van der Waals surface area (Å²) in [5, 5.41) is 1.06. The molecule has 0 bridgehead atoms. The Morgan fingerprint density at radius 2 is 1.54 bits per heavy atom. The van der Waals surface area contributed by atoms with Crippen molar-refractivity contribution in [3.8, 4) is 5.88 Å². The van der Waals surface area contributed by atoms with Crippen LogP contribution in [0.3, 0.4) is 0 Å². The molecule has 0 amide bonds. The van der Waals surface area contributed by atoms with Crippen molar-refractivity contribution in [3.05, 3.63) is 92.8 Å². The second kappa shape index (κ2) is 9.70. The summed E-state index contributed by atoms with van der Waals surface area (Å²) in [6, 6.07) is 19.6. The number of unbranched alkanes of at least 4 members (excludes halogenated alkanes) is 2. The first kappa shape index (κ1) is 19.6. The number of rotatable bonds is 7. The zero-order chi connectivity index (χ0) is 19.8. The van der Waals surface area contributed by atoms with E-state index >= 15 is 0 Å². The third-order valence-electron chi connectivity index (χ3n) is 4.52. The summed E-state index contributed by atoms with van der Waals surface area (Å²) < 4.78 is 7.62. The van der Waals surface area contributed by atoms with Gasteiger partial charge in [-0.15, -0.1) is 0 Å². The molecular weight excluding hydrogens is 348 g/mol. The molecular formula is C24H26N2O2. The quantitative estimate of drug-likeness (QED) is 0.597. The number of hydrogen-bond donors (Lipinski definition) is 0. The molecule has 4 nitrogen and oxygen atoms in total. The lowest BCUT2D eigenvalue weighted by atomic mass is 10.2. The van der Waals surface area contributed by atoms with Gasteiger partial charge in [-0.3, -0.25) is 4.79 Å². The highest BCUT2D eigenvalue weighted by Gasteiger charge is 2.07. The fourth-order valence-corrected chi connectivity index (χ4v) is 2.93. The summed E-state index contributed by atoms with van der Waals surface area (Å²) in [7, 11) is 1.76. The van der Waals surface area contributed by atoms with Crippen molar-refractivity contribution in [3.63, 3.8) is 0 Å². The van der Waals surface area contributed by atoms with Gasteiger partial charge in [-0.05, 0) is 29.7 Å². The van der Waals surface area contributed by atoms with E-state index in [1.165, 1.54) is 0 Å². The van der Waals surface area contributed by atoms with E-state index in [1.54, 1.807) is 17.7 Å². The number of ether oxygens (including phenoxy) is 1. The van der Waals surface area contributed by atoms with Gasteiger partial charge in [0.1, 0.15) is 10.7 Å². The number of benzene rings is 2. The Kier molecular flexibility index (Phi) is 6.79. The molecule has 0 spiro atoms. The molecule has 0 saturated carbocycles. The van der Waals surface area contributed by atoms with Gasteiger partial charge in [0.25, 0.3) is 5.56 Å². The molecule has 28 heavy (non-hydrogen) atoms. The number of hydrogen-bond acceptors (Lipinski definition) is 3. The maximum atomic E-state index is 12.9. The van der Waals surface area contributed by atoms with Gasteiger partial charge in [-0.2, -0.15) is 0 Å². The van der Waals surface area contributed by atoms with Gasteiger partial charge in [0, 0.05) is 7.05 Å². The average Bonchev–Trinajstić information content (AvgIpc) is 2.73. The highest BCUT2D eigenvalue weighted by Crippen LogP contribution is 2.03. The number of aromatic nitrogens is 2. The lowest BCUT2D eigenvalue weighted by molar-refractivity contribution is 0.287. The van der Waals surface area contributed by atoms with Crippen LogP contribution in [0.25, 0.3) is 12.2 Å². The monoisotopic (exact) mass is 374 g/mol. The van der Waals surface area contributed by atoms with E-state index < -0.39 is 0 Å². The molecule has 0 N–H and O–H groups in total. The number of nitrogens with zero attached hydrogens (tertiary/aromatic N) is 2. The first-order chi connectivity index (χ1) is 13.7. The first-order valence-corrected chi connectivity index (χ1v) is 9.72. The smallest absolute Gasteiger partial charge is 0.276 e. The van der Waals surface area contributed by atoms with Crippen LogP contribution in [-0.4, -0.2) is 16.2 Å². The zero-order valence-corrected chi connectivity index (χ0v) is 16.5. The maximum absolute atomic E-state index is 12.9. The van der Waals surface area contributed by atoms with Crippen molar-refractivity contribution >= 4 is 12.2 Å². The fraction of sp³-hybridized carbons (Fsp3) is 0.250. The highest BCUT2D eigenvalue weighted by atomic mass is 16.5. The maximum Gasteiger partial charge on any atom is 0.276 e. The Bertz CT molecular complexity index is 1070. The van der Waals surface area contributed by atoms with Crippen LogP contribution in [0, 0.1) is 0 Å². The van der Waals surface area contributed by atoms with Gasteiger partial charge in [-0.1, -0.05) is 80.4 Å². The van der Waals surface area contributed by atoms with Crippen LogP contribution >= 0.6 is 0 Å². The SMILES string of the molecule is CCCCCOc1n/c(=C\c2ccccc2)c(=O)n(C)/c1=C\c1ccccc1. The van der Waals surface area contributed by atoms with Crippen LogP contribution in [0.4, 0.5) is 0 Å². The van der Waals surface area contributed by atoms with Crippen molar-refractivity contribution in [2.45, 2.75) is 26.2 Å². The minimum Gasteiger partial charge on any atom is -0.476 e. The minimum atomic E-state index is -0.146. The minimum absolute atomic E-state index is 0.146. The fourth-order valence-electron chi connectivity index (χ4n) is 2.93. The molecule has 2 aromatic carbocycles. The van der Waals surface area contributed by atoms with E-state index in [0.717, 1.165) is 30.4 Å². The molecule has 1 heterocycles. The molecule has 0 saturated heterocycles. The van der Waals surface area contributed by atoms with Crippen LogP contribution in [0.15, 0.2) is 65.5 Å². The van der Waals surface area contributed by atoms with Crippen molar-refractivity contribution in [2.75, 3.05) is 6.61 Å². The topological polar surface area (TPSA) is 44.1 Å². The van der Waals surface area contributed by atoms with Crippen LogP contribution in [0.2, 0.25) is 0 Å². The van der Waals surface area contributed by atoms with Gasteiger partial charge in [0.15, 0.2) is 0 Å². The van der Waals surface area contributed by atoms with Gasteiger partial charge < -0.3 is 9.30 Å². The van der Waals surface area contributed by atoms with Crippen LogP contribution in [-0.2, 0) is 7.05 Å². The Morgan fingerprint density at radius 3 is 2.14 bits per heavy atom. The molecule has 1 aromatic heterocycles. The lowest BCUT2D eigenvalue weighted by Gasteiger charge is -2.09. The van der Waals surface area contributed by atoms with Gasteiger partial charge >= 0.3 is 0 Å². The first-order valence-electron chi connectivity index (χ1n) is 9.72. The van der Waals surface area contributed by atoms with Gasteiger partial charge in [-0.25, -0.2) is 4.98 Å². The third-order valence-corrected chi connectivity index (χ3v) is 4.52. The van der Waals surface area contributed by atoms with Crippen molar-refractivity contribution < 1.29 is 4.74 Å². The molecule has 0 unspecified atom stereocenters. The molecule has 0 aliphatic heterocycles. The molecule has 144 valence electrons. The standard InChI is InChI=1S/C24H26N2O2/c1-3-4-11-16-28-23-22(18-20-14-9-6-10-15-20)26(2)24(27)21(25-23)17-19-12-7-5-8-13-19/h5-10,12-15,17-18H,3-4,11,16H2,1-2H3/b21-17-,22-18-. The predicted molar refractivity (Wildman–Crippen MR) is 114 cm³/mol. The summed E-state index contributed by atoms with van der Waals surface area (Å²) >= 11 is 0. The molecule has 0 aliphatic rings. The molecule has 0 aliphatic carbocycles. The summed E-state index contributed by atoms with van der Waals surface area (Å²) in [5.74, 6) is 0.490. The summed E-state index contributed by atoms with van der Waals surface area (Å²) in [6.45, 7) is 2.74. The highest BCUT2D eigenvalue weighted by molar-refractivity contribution is 5.51. The summed E-state index contributed by atoms with van der Waals surface area (Å²) in [4.78, 5) is 17.5. The van der Waals surface area contributed by atoms with Crippen LogP contribution < -0.4 is 21.0 Å². The van der Waals surface area contributed by atoms with Crippen LogP contribution in [0.1, 0.15) is 37.3 Å². The van der Waals surface area contributed by atoms with E-state index in [0.29, 0.717) is 23.2 Å². The van der Waals surface area contributed by atoms with Gasteiger partial charge in [0.05, 0.1) is 6.61 Å². The Morgan fingerprint density at radius 1 is 0.929 bits per heavy atom. The lowest BCUT2D eigenvalue weighted by Crippen LogP contribution is -2.44. The van der Waals surface area contributed by atoms with E-state index in [-0.39, 0.29) is 5.56 Å². The second-order valence-corrected chi connectivity index (χ2v) is 6.72. The van der Waals surface area contributed by atoms with Crippen molar-refractivity contribution in [1.29, 1.82) is 0 Å². The van der Waals surface area contributed by atoms with E-state index in [2.05, 4.69) is 11.9 Å². The molecule has 0 atom stereocenters. The van der Waals surface area contributed by atoms with Crippen molar-refractivity contribution in [2.24, 2.45) is 7.05 Å². The van der Waals surface area contributed by atoms with Gasteiger partial charge in [0.2, 0.25) is 5.88 Å². The predicted octanol–water partition coefficient (Wildman–Crippen LogP) is 3.01. The summed E-state index contributed by atoms with van der Waals surface area (Å²) in [5.41, 5.74) is 1.79. The molecule has 0 radical (unpaired) electrons. The molecule has 4 heteroatoms. The Balaban J connectivity index is 2.13. The largest absolute Gasteiger partial charge is 0.476 e. The molecule has 3 aromatic rings. The zero-order valence-electron chi connectivity index (χ0n) is 16.5. The van der Waals surface area contributed by atoms with E-state index in [1.807, 2.05) is 66.7 Å². The normalized spacial score (nSPS) is 12.4. The van der Waals surface area contributed by atoms with E-state index in [4.69, 9.17) is 4.74 Å². The molecule has 0 fully saturated rings. The van der Waals surface area contributed by atoms with E-state index in [9.17, 15) is 4.79 Å². The van der Waals surface area contributed by atoms with Crippen molar-refractivity contribution in [1.82, 2.24) is 9.55 Å². The molecule has 3 rings (SSSR count). The third kappa shape index (κ3) is 4.97. The van der Waals surface area contributed by atoms with Crippen LogP contribution in [0.5, 0.6) is 5.88 Å². The Labute approximate surface area is 165 Å². The second-order valence-electron chi connectivity index (χ2n) is 6.72. The summed E-state index contributed by atoms with van der Waals surface area (Å²) in [6.07, 6.45) is 6.93. The average molecular weight is 374 g/mol. The Hall–Kier alpha value is -3.14.